The predicted octanol–water partition coefficient (Wildman–Crippen LogP) is 17.9. The Bertz CT molecular complexity index is 1050. The van der Waals surface area contributed by atoms with Crippen molar-refractivity contribution in [3.05, 3.63) is 0 Å². The lowest BCUT2D eigenvalue weighted by molar-refractivity contribution is -0.145. The Balaban J connectivity index is 2.57. The molecule has 1 amide bonds. The molecule has 7 nitrogen and oxygen atoms in total. The zero-order chi connectivity index (χ0) is 50.6. The van der Waals surface area contributed by atoms with Crippen LogP contribution in [0.5, 0.6) is 0 Å². The standard InChI is InChI=1S/C63H125N3O4/c1-5-9-13-17-24-32-43-59(44-33-25-18-14-10-6-2)57-64-62(68)49-36-30-40-53-66(61-47-42-48-61)55-54-65(51-38-28-22-21-23-29-41-56-67)52-39-31-37-50-63(69)70-58-60(45-34-26-19-15-11-7-3)46-35-27-20-16-12-8-4/h59-61,67H,5-58H2,1-4H3,(H,64,68). The van der Waals surface area contributed by atoms with Gasteiger partial charge in [0.25, 0.3) is 0 Å². The molecule has 0 bridgehead atoms. The maximum Gasteiger partial charge on any atom is 0.305 e. The molecule has 1 rings (SSSR count). The number of hydrogen-bond donors (Lipinski definition) is 2. The van der Waals surface area contributed by atoms with E-state index in [2.05, 4.69) is 42.8 Å². The van der Waals surface area contributed by atoms with Gasteiger partial charge in [0.15, 0.2) is 0 Å². The van der Waals surface area contributed by atoms with Gasteiger partial charge in [-0.05, 0) is 109 Å². The third kappa shape index (κ3) is 43.2. The van der Waals surface area contributed by atoms with Crippen LogP contribution >= 0.6 is 0 Å². The number of hydrogen-bond acceptors (Lipinski definition) is 6. The molecule has 1 fully saturated rings. The number of rotatable bonds is 57. The van der Waals surface area contributed by atoms with E-state index < -0.39 is 0 Å². The van der Waals surface area contributed by atoms with E-state index >= 15 is 0 Å². The summed E-state index contributed by atoms with van der Waals surface area (Å²) in [5, 5.41) is 12.5. The molecule has 70 heavy (non-hydrogen) atoms. The van der Waals surface area contributed by atoms with Gasteiger partial charge in [-0.2, -0.15) is 0 Å². The minimum atomic E-state index is 0.0229. The van der Waals surface area contributed by atoms with Crippen molar-refractivity contribution >= 4 is 11.9 Å². The van der Waals surface area contributed by atoms with Gasteiger partial charge in [0.2, 0.25) is 5.91 Å². The van der Waals surface area contributed by atoms with E-state index in [-0.39, 0.29) is 11.9 Å². The van der Waals surface area contributed by atoms with Crippen molar-refractivity contribution in [3.8, 4) is 0 Å². The molecule has 0 radical (unpaired) electrons. The number of ether oxygens (including phenoxy) is 1. The van der Waals surface area contributed by atoms with Gasteiger partial charge in [-0.3, -0.25) is 14.5 Å². The fraction of sp³-hybridized carbons (Fsp3) is 0.968. The van der Waals surface area contributed by atoms with E-state index in [0.717, 1.165) is 83.7 Å². The quantitative estimate of drug-likeness (QED) is 0.0467. The van der Waals surface area contributed by atoms with Gasteiger partial charge in [-0.1, -0.05) is 233 Å². The lowest BCUT2D eigenvalue weighted by Crippen LogP contribution is -2.45. The first-order valence-electron chi connectivity index (χ1n) is 32.0. The molecule has 7 heteroatoms. The number of nitrogens with one attached hydrogen (secondary N) is 1. The van der Waals surface area contributed by atoms with Gasteiger partial charge < -0.3 is 20.1 Å². The van der Waals surface area contributed by atoms with Crippen LogP contribution in [0.3, 0.4) is 0 Å². The Morgan fingerprint density at radius 1 is 0.457 bits per heavy atom. The molecule has 0 aromatic heterocycles. The molecule has 0 spiro atoms. The van der Waals surface area contributed by atoms with Gasteiger partial charge in [0.05, 0.1) is 6.61 Å². The second kappa shape index (κ2) is 52.7. The van der Waals surface area contributed by atoms with Crippen molar-refractivity contribution in [2.24, 2.45) is 11.8 Å². The fourth-order valence-corrected chi connectivity index (χ4v) is 10.9. The molecule has 1 saturated carbocycles. The molecule has 0 unspecified atom stereocenters. The summed E-state index contributed by atoms with van der Waals surface area (Å²) in [7, 11) is 0. The normalized spacial score (nSPS) is 13.1. The molecule has 0 heterocycles. The first-order chi connectivity index (χ1) is 34.5. The summed E-state index contributed by atoms with van der Waals surface area (Å²) in [5.74, 6) is 1.47. The SMILES string of the molecule is CCCCCCCCC(CCCCCCCC)CNC(=O)CCCCCN(CCN(CCCCCCCCCO)CCCCCC(=O)OCC(CCCCCCCC)CCCCCCCC)C1CCC1. The van der Waals surface area contributed by atoms with E-state index in [0.29, 0.717) is 37.9 Å². The average molecular weight is 989 g/mol. The summed E-state index contributed by atoms with van der Waals surface area (Å²) in [5.41, 5.74) is 0. The van der Waals surface area contributed by atoms with Crippen LogP contribution in [0, 0.1) is 11.8 Å². The van der Waals surface area contributed by atoms with Gasteiger partial charge in [-0.25, -0.2) is 0 Å². The van der Waals surface area contributed by atoms with Gasteiger partial charge in [0, 0.05) is 45.1 Å². The molecule has 0 aromatic rings. The van der Waals surface area contributed by atoms with Crippen LogP contribution in [-0.4, -0.2) is 85.3 Å². The number of nitrogens with zero attached hydrogens (tertiary/aromatic N) is 2. The monoisotopic (exact) mass is 988 g/mol. The zero-order valence-electron chi connectivity index (χ0n) is 48.0. The lowest BCUT2D eigenvalue weighted by atomic mass is 9.91. The van der Waals surface area contributed by atoms with Gasteiger partial charge >= 0.3 is 5.97 Å². The summed E-state index contributed by atoms with van der Waals surface area (Å²) in [6.07, 6.45) is 57.3. The van der Waals surface area contributed by atoms with Crippen LogP contribution in [0.25, 0.3) is 0 Å². The minimum absolute atomic E-state index is 0.0229. The van der Waals surface area contributed by atoms with E-state index in [1.54, 1.807) is 0 Å². The van der Waals surface area contributed by atoms with Crippen LogP contribution < -0.4 is 5.32 Å². The number of esters is 1. The fourth-order valence-electron chi connectivity index (χ4n) is 10.9. The number of carbonyl (C=O) groups excluding carboxylic acids is 2. The second-order valence-corrected chi connectivity index (χ2v) is 22.7. The van der Waals surface area contributed by atoms with Crippen molar-refractivity contribution in [2.45, 2.75) is 329 Å². The molecular formula is C63H125N3O4. The van der Waals surface area contributed by atoms with Gasteiger partial charge in [0.1, 0.15) is 0 Å². The Morgan fingerprint density at radius 3 is 1.31 bits per heavy atom. The van der Waals surface area contributed by atoms with Crippen LogP contribution in [-0.2, 0) is 14.3 Å². The number of aliphatic hydroxyl groups is 1. The summed E-state index contributed by atoms with van der Waals surface area (Å²) < 4.78 is 5.97. The molecule has 1 aliphatic rings. The topological polar surface area (TPSA) is 82.1 Å². The lowest BCUT2D eigenvalue weighted by Gasteiger charge is -2.39. The van der Waals surface area contributed by atoms with Crippen LogP contribution in [0.15, 0.2) is 0 Å². The molecule has 0 aliphatic heterocycles. The summed E-state index contributed by atoms with van der Waals surface area (Å²) in [6.45, 7) is 16.7. The Kier molecular flexibility index (Phi) is 50.3. The minimum Gasteiger partial charge on any atom is -0.465 e. The highest BCUT2D eigenvalue weighted by Crippen LogP contribution is 2.26. The van der Waals surface area contributed by atoms with Crippen molar-refractivity contribution in [1.29, 1.82) is 0 Å². The Hall–Kier alpha value is -1.18. The highest BCUT2D eigenvalue weighted by Gasteiger charge is 2.25. The third-order valence-electron chi connectivity index (χ3n) is 16.1. The largest absolute Gasteiger partial charge is 0.465 e. The average Bonchev–Trinajstić information content (AvgIpc) is 3.34. The maximum atomic E-state index is 13.1. The first-order valence-corrected chi connectivity index (χ1v) is 32.0. The predicted molar refractivity (Wildman–Crippen MR) is 305 cm³/mol. The molecule has 2 N–H and O–H groups in total. The summed E-state index contributed by atoms with van der Waals surface area (Å²) in [4.78, 5) is 31.6. The summed E-state index contributed by atoms with van der Waals surface area (Å²) in [6, 6.07) is 0.737. The highest BCUT2D eigenvalue weighted by atomic mass is 16.5. The molecule has 0 aromatic carbocycles. The zero-order valence-corrected chi connectivity index (χ0v) is 48.0. The van der Waals surface area contributed by atoms with E-state index in [4.69, 9.17) is 9.84 Å². The second-order valence-electron chi connectivity index (χ2n) is 22.7. The molecular weight excluding hydrogens is 863 g/mol. The molecule has 0 atom stereocenters. The number of amides is 1. The van der Waals surface area contributed by atoms with Crippen LogP contribution in [0.2, 0.25) is 0 Å². The highest BCUT2D eigenvalue weighted by molar-refractivity contribution is 5.75. The Morgan fingerprint density at radius 2 is 0.857 bits per heavy atom. The summed E-state index contributed by atoms with van der Waals surface area (Å²) >= 11 is 0. The number of carbonyl (C=O) groups is 2. The first kappa shape index (κ1) is 66.8. The molecule has 1 aliphatic carbocycles. The maximum absolute atomic E-state index is 13.1. The van der Waals surface area contributed by atoms with Crippen molar-refractivity contribution < 1.29 is 19.4 Å². The smallest absolute Gasteiger partial charge is 0.305 e. The van der Waals surface area contributed by atoms with Crippen molar-refractivity contribution in [2.75, 3.05) is 52.5 Å². The van der Waals surface area contributed by atoms with Gasteiger partial charge in [-0.15, -0.1) is 0 Å². The molecule has 0 saturated heterocycles. The van der Waals surface area contributed by atoms with E-state index in [1.165, 1.54) is 244 Å². The van der Waals surface area contributed by atoms with Crippen molar-refractivity contribution in [3.63, 3.8) is 0 Å². The van der Waals surface area contributed by atoms with E-state index in [9.17, 15) is 9.59 Å². The third-order valence-corrected chi connectivity index (χ3v) is 16.1. The van der Waals surface area contributed by atoms with E-state index in [1.807, 2.05) is 0 Å². The number of aliphatic hydroxyl groups excluding tert-OH is 1. The Labute approximate surface area is 438 Å². The molecule has 416 valence electrons. The number of unbranched alkanes of at least 4 members (excludes halogenated alkanes) is 30. The van der Waals surface area contributed by atoms with Crippen LogP contribution in [0.4, 0.5) is 0 Å². The van der Waals surface area contributed by atoms with Crippen molar-refractivity contribution in [1.82, 2.24) is 15.1 Å². The van der Waals surface area contributed by atoms with Crippen LogP contribution in [0.1, 0.15) is 323 Å².